The van der Waals surface area contributed by atoms with E-state index in [0.29, 0.717) is 17.1 Å². The van der Waals surface area contributed by atoms with Crippen molar-refractivity contribution in [2.45, 2.75) is 6.61 Å². The second kappa shape index (κ2) is 5.78. The van der Waals surface area contributed by atoms with Crippen molar-refractivity contribution in [2.24, 2.45) is 0 Å². The molecule has 0 aliphatic carbocycles. The van der Waals surface area contributed by atoms with Crippen LogP contribution in [-0.4, -0.2) is 11.6 Å². The highest BCUT2D eigenvalue weighted by Crippen LogP contribution is 2.27. The van der Waals surface area contributed by atoms with Crippen molar-refractivity contribution >= 4 is 11.5 Å². The molecule has 0 amide bonds. The van der Waals surface area contributed by atoms with Gasteiger partial charge >= 0.3 is 6.61 Å². The molecule has 96 valence electrons. The van der Waals surface area contributed by atoms with Gasteiger partial charge in [-0.05, 0) is 24.3 Å². The fraction of sp³-hybridized carbons (Fsp3) is 0.0769. The van der Waals surface area contributed by atoms with E-state index < -0.39 is 6.61 Å². The summed E-state index contributed by atoms with van der Waals surface area (Å²) in [5, 5.41) is 11.5. The molecule has 0 atom stereocenters. The van der Waals surface area contributed by atoms with Gasteiger partial charge in [-0.3, -0.25) is 0 Å². The van der Waals surface area contributed by atoms with Crippen molar-refractivity contribution in [1.82, 2.24) is 4.98 Å². The summed E-state index contributed by atoms with van der Waals surface area (Å²) < 4.78 is 28.9. The Balaban J connectivity index is 2.20. The number of ether oxygens (including phenoxy) is 1. The summed E-state index contributed by atoms with van der Waals surface area (Å²) in [7, 11) is 0. The van der Waals surface area contributed by atoms with Gasteiger partial charge in [0.15, 0.2) is 0 Å². The maximum Gasteiger partial charge on any atom is 0.387 e. The van der Waals surface area contributed by atoms with E-state index in [0.717, 1.165) is 0 Å². The molecular weight excluding hydrogens is 252 g/mol. The molecule has 0 aliphatic rings. The van der Waals surface area contributed by atoms with Crippen LogP contribution in [0.1, 0.15) is 5.56 Å². The molecule has 0 saturated carbocycles. The standard InChI is InChI=1S/C13H9F2N3O/c14-13(15)19-11-4-2-1-3-10(11)18-12-6-5-9(7-16)8-17-12/h1-6,8,13H,(H,17,18). The van der Waals surface area contributed by atoms with Crippen LogP contribution in [0.3, 0.4) is 0 Å². The van der Waals surface area contributed by atoms with Gasteiger partial charge in [0.1, 0.15) is 17.6 Å². The number of aromatic nitrogens is 1. The van der Waals surface area contributed by atoms with Crippen LogP contribution < -0.4 is 10.1 Å². The van der Waals surface area contributed by atoms with E-state index in [4.69, 9.17) is 5.26 Å². The zero-order valence-corrected chi connectivity index (χ0v) is 9.68. The maximum absolute atomic E-state index is 12.2. The Morgan fingerprint density at radius 3 is 2.63 bits per heavy atom. The molecule has 1 aromatic heterocycles. The lowest BCUT2D eigenvalue weighted by Crippen LogP contribution is -2.04. The molecule has 0 fully saturated rings. The first-order chi connectivity index (χ1) is 9.19. The van der Waals surface area contributed by atoms with Crippen LogP contribution in [0.25, 0.3) is 0 Å². The summed E-state index contributed by atoms with van der Waals surface area (Å²) in [5.74, 6) is 0.466. The highest BCUT2D eigenvalue weighted by molar-refractivity contribution is 5.64. The summed E-state index contributed by atoms with van der Waals surface area (Å²) in [6.07, 6.45) is 1.39. The van der Waals surface area contributed by atoms with E-state index in [2.05, 4.69) is 15.0 Å². The van der Waals surface area contributed by atoms with Crippen LogP contribution in [0.2, 0.25) is 0 Å². The van der Waals surface area contributed by atoms with Crippen molar-refractivity contribution < 1.29 is 13.5 Å². The quantitative estimate of drug-likeness (QED) is 0.917. The number of halogens is 2. The molecule has 4 nitrogen and oxygen atoms in total. The minimum absolute atomic E-state index is 0.0312. The van der Waals surface area contributed by atoms with Crippen LogP contribution in [0.4, 0.5) is 20.3 Å². The first-order valence-electron chi connectivity index (χ1n) is 5.36. The van der Waals surface area contributed by atoms with Gasteiger partial charge in [0.05, 0.1) is 11.3 Å². The van der Waals surface area contributed by atoms with Gasteiger partial charge in [-0.25, -0.2) is 4.98 Å². The first-order valence-corrected chi connectivity index (χ1v) is 5.36. The molecule has 0 radical (unpaired) electrons. The van der Waals surface area contributed by atoms with Gasteiger partial charge in [0, 0.05) is 6.20 Å². The van der Waals surface area contributed by atoms with Gasteiger partial charge in [-0.1, -0.05) is 12.1 Å². The average molecular weight is 261 g/mol. The third-order valence-corrected chi connectivity index (χ3v) is 2.26. The molecule has 0 unspecified atom stereocenters. The summed E-state index contributed by atoms with van der Waals surface area (Å²) in [6.45, 7) is -2.89. The minimum Gasteiger partial charge on any atom is -0.433 e. The zero-order valence-electron chi connectivity index (χ0n) is 9.68. The van der Waals surface area contributed by atoms with Gasteiger partial charge in [-0.15, -0.1) is 0 Å². The summed E-state index contributed by atoms with van der Waals surface area (Å²) in [4.78, 5) is 3.99. The molecule has 19 heavy (non-hydrogen) atoms. The maximum atomic E-state index is 12.2. The Labute approximate surface area is 108 Å². The van der Waals surface area contributed by atoms with E-state index in [-0.39, 0.29) is 5.75 Å². The van der Waals surface area contributed by atoms with Crippen LogP contribution in [0, 0.1) is 11.3 Å². The predicted molar refractivity (Wildman–Crippen MR) is 65.3 cm³/mol. The van der Waals surface area contributed by atoms with E-state index in [1.54, 1.807) is 30.3 Å². The van der Waals surface area contributed by atoms with Crippen LogP contribution in [0.15, 0.2) is 42.6 Å². The number of pyridine rings is 1. The second-order valence-corrected chi connectivity index (χ2v) is 3.54. The Bertz CT molecular complexity index is 594. The fourth-order valence-corrected chi connectivity index (χ4v) is 1.44. The molecule has 2 aromatic rings. The highest BCUT2D eigenvalue weighted by Gasteiger charge is 2.09. The molecule has 2 rings (SSSR count). The molecule has 0 aliphatic heterocycles. The van der Waals surface area contributed by atoms with Crippen molar-refractivity contribution in [3.05, 3.63) is 48.2 Å². The Kier molecular flexibility index (Phi) is 3.88. The van der Waals surface area contributed by atoms with Crippen molar-refractivity contribution in [3.63, 3.8) is 0 Å². The van der Waals surface area contributed by atoms with E-state index in [9.17, 15) is 8.78 Å². The number of anilines is 2. The number of nitriles is 1. The largest absolute Gasteiger partial charge is 0.433 e. The minimum atomic E-state index is -2.89. The summed E-state index contributed by atoms with van der Waals surface area (Å²) in [5.41, 5.74) is 0.794. The fourth-order valence-electron chi connectivity index (χ4n) is 1.44. The molecular formula is C13H9F2N3O. The number of alkyl halides is 2. The molecule has 0 spiro atoms. The monoisotopic (exact) mass is 261 g/mol. The third-order valence-electron chi connectivity index (χ3n) is 2.26. The lowest BCUT2D eigenvalue weighted by Gasteiger charge is -2.11. The Hall–Kier alpha value is -2.68. The van der Waals surface area contributed by atoms with Crippen LogP contribution in [-0.2, 0) is 0 Å². The van der Waals surface area contributed by atoms with Gasteiger partial charge in [0.2, 0.25) is 0 Å². The van der Waals surface area contributed by atoms with E-state index in [1.807, 2.05) is 6.07 Å². The number of benzene rings is 1. The van der Waals surface area contributed by atoms with Crippen LogP contribution >= 0.6 is 0 Å². The van der Waals surface area contributed by atoms with E-state index in [1.165, 1.54) is 12.3 Å². The first kappa shape index (κ1) is 12.8. The lowest BCUT2D eigenvalue weighted by molar-refractivity contribution is -0.0493. The predicted octanol–water partition coefficient (Wildman–Crippen LogP) is 3.30. The van der Waals surface area contributed by atoms with Crippen molar-refractivity contribution in [2.75, 3.05) is 5.32 Å². The van der Waals surface area contributed by atoms with Gasteiger partial charge < -0.3 is 10.1 Å². The molecule has 1 heterocycles. The zero-order chi connectivity index (χ0) is 13.7. The smallest absolute Gasteiger partial charge is 0.387 e. The number of para-hydroxylation sites is 2. The summed E-state index contributed by atoms with van der Waals surface area (Å²) >= 11 is 0. The molecule has 0 saturated heterocycles. The third kappa shape index (κ3) is 3.39. The summed E-state index contributed by atoms with van der Waals surface area (Å²) in [6, 6.07) is 11.4. The lowest BCUT2D eigenvalue weighted by atomic mass is 10.2. The number of nitrogens with one attached hydrogen (secondary N) is 1. The number of nitrogens with zero attached hydrogens (tertiary/aromatic N) is 2. The number of rotatable bonds is 4. The average Bonchev–Trinajstić information content (AvgIpc) is 2.41. The topological polar surface area (TPSA) is 57.9 Å². The Morgan fingerprint density at radius 1 is 1.21 bits per heavy atom. The normalized spacial score (nSPS) is 10.0. The van der Waals surface area contributed by atoms with Crippen LogP contribution in [0.5, 0.6) is 5.75 Å². The SMILES string of the molecule is N#Cc1ccc(Nc2ccccc2OC(F)F)nc1. The van der Waals surface area contributed by atoms with E-state index >= 15 is 0 Å². The Morgan fingerprint density at radius 2 is 2.00 bits per heavy atom. The number of hydrogen-bond acceptors (Lipinski definition) is 4. The second-order valence-electron chi connectivity index (χ2n) is 3.54. The highest BCUT2D eigenvalue weighted by atomic mass is 19.3. The van der Waals surface area contributed by atoms with Gasteiger partial charge in [0.25, 0.3) is 0 Å². The molecule has 1 N–H and O–H groups in total. The number of hydrogen-bond donors (Lipinski definition) is 1. The van der Waals surface area contributed by atoms with Crippen molar-refractivity contribution in [3.8, 4) is 11.8 Å². The molecule has 0 bridgehead atoms. The molecule has 1 aromatic carbocycles. The van der Waals surface area contributed by atoms with Gasteiger partial charge in [-0.2, -0.15) is 14.0 Å². The van der Waals surface area contributed by atoms with Crippen molar-refractivity contribution in [1.29, 1.82) is 5.26 Å². The molecule has 6 heteroatoms.